The molecule has 3 N–H and O–H groups in total. The summed E-state index contributed by atoms with van der Waals surface area (Å²) in [5.74, 6) is -0.431. The number of anilines is 3. The standard InChI is InChI=1S/C13H12BrFN2O2S/c1-20(18,19)9-3-5-12(11(16)7-9)17-13-6-8(14)2-4-10(13)15/h2-7,17H,16H2,1H3. The lowest BCUT2D eigenvalue weighted by Gasteiger charge is -2.11. The molecular formula is C13H12BrFN2O2S. The summed E-state index contributed by atoms with van der Waals surface area (Å²) in [7, 11) is -3.32. The van der Waals surface area contributed by atoms with Crippen LogP contribution >= 0.6 is 15.9 Å². The molecule has 0 saturated heterocycles. The molecule has 0 heterocycles. The molecule has 0 aliphatic heterocycles. The fourth-order valence-electron chi connectivity index (χ4n) is 1.62. The molecule has 0 radical (unpaired) electrons. The minimum absolute atomic E-state index is 0.121. The van der Waals surface area contributed by atoms with Gasteiger partial charge in [-0.05, 0) is 36.4 Å². The van der Waals surface area contributed by atoms with Gasteiger partial charge in [-0.15, -0.1) is 0 Å². The molecule has 0 fully saturated rings. The van der Waals surface area contributed by atoms with Crippen LogP contribution in [0.25, 0.3) is 0 Å². The lowest BCUT2D eigenvalue weighted by atomic mass is 10.2. The first-order valence-corrected chi connectivity index (χ1v) is 8.27. The summed E-state index contributed by atoms with van der Waals surface area (Å²) in [6, 6.07) is 8.73. The Hall–Kier alpha value is -1.60. The number of nitrogen functional groups attached to an aromatic ring is 1. The number of sulfone groups is 1. The van der Waals surface area contributed by atoms with Gasteiger partial charge in [-0.1, -0.05) is 15.9 Å². The topological polar surface area (TPSA) is 72.2 Å². The van der Waals surface area contributed by atoms with Crippen LogP contribution in [-0.4, -0.2) is 14.7 Å². The molecule has 0 spiro atoms. The molecule has 20 heavy (non-hydrogen) atoms. The molecule has 7 heteroatoms. The molecule has 0 saturated carbocycles. The van der Waals surface area contributed by atoms with Gasteiger partial charge in [-0.2, -0.15) is 0 Å². The van der Waals surface area contributed by atoms with Gasteiger partial charge in [0.1, 0.15) is 5.82 Å². The number of benzene rings is 2. The first-order chi connectivity index (χ1) is 9.27. The number of nitrogens with one attached hydrogen (secondary N) is 1. The predicted molar refractivity (Wildman–Crippen MR) is 81.3 cm³/mol. The number of nitrogens with two attached hydrogens (primary N) is 1. The van der Waals surface area contributed by atoms with Crippen molar-refractivity contribution in [2.24, 2.45) is 0 Å². The van der Waals surface area contributed by atoms with Crippen LogP contribution in [0.2, 0.25) is 0 Å². The Balaban J connectivity index is 2.38. The van der Waals surface area contributed by atoms with E-state index in [0.29, 0.717) is 10.2 Å². The van der Waals surface area contributed by atoms with Crippen molar-refractivity contribution in [2.75, 3.05) is 17.3 Å². The van der Waals surface area contributed by atoms with Crippen LogP contribution in [0.15, 0.2) is 45.8 Å². The van der Waals surface area contributed by atoms with Crippen molar-refractivity contribution >= 4 is 42.8 Å². The normalized spacial score (nSPS) is 11.3. The molecule has 0 atom stereocenters. The van der Waals surface area contributed by atoms with Gasteiger partial charge in [0.15, 0.2) is 9.84 Å². The summed E-state index contributed by atoms with van der Waals surface area (Å²) >= 11 is 3.25. The van der Waals surface area contributed by atoms with Gasteiger partial charge in [-0.25, -0.2) is 12.8 Å². The molecule has 0 amide bonds. The molecule has 0 aliphatic rings. The number of hydrogen-bond donors (Lipinski definition) is 2. The maximum Gasteiger partial charge on any atom is 0.175 e. The van der Waals surface area contributed by atoms with Gasteiger partial charge in [0.2, 0.25) is 0 Å². The van der Waals surface area contributed by atoms with Crippen molar-refractivity contribution in [3.63, 3.8) is 0 Å². The number of halogens is 2. The van der Waals surface area contributed by atoms with Gasteiger partial charge < -0.3 is 11.1 Å². The zero-order valence-electron chi connectivity index (χ0n) is 10.5. The van der Waals surface area contributed by atoms with E-state index in [1.807, 2.05) is 0 Å². The summed E-state index contributed by atoms with van der Waals surface area (Å²) in [6.45, 7) is 0. The summed E-state index contributed by atoms with van der Waals surface area (Å²) in [5.41, 5.74) is 6.71. The highest BCUT2D eigenvalue weighted by molar-refractivity contribution is 9.10. The molecule has 106 valence electrons. The molecule has 0 aromatic heterocycles. The van der Waals surface area contributed by atoms with E-state index < -0.39 is 15.7 Å². The van der Waals surface area contributed by atoms with E-state index >= 15 is 0 Å². The van der Waals surface area contributed by atoms with Crippen molar-refractivity contribution in [1.82, 2.24) is 0 Å². The van der Waals surface area contributed by atoms with Crippen LogP contribution in [-0.2, 0) is 9.84 Å². The largest absolute Gasteiger partial charge is 0.397 e. The van der Waals surface area contributed by atoms with Crippen molar-refractivity contribution in [1.29, 1.82) is 0 Å². The SMILES string of the molecule is CS(=O)(=O)c1ccc(Nc2cc(Br)ccc2F)c(N)c1. The first-order valence-electron chi connectivity index (χ1n) is 5.59. The second kappa shape index (κ2) is 5.41. The number of rotatable bonds is 3. The lowest BCUT2D eigenvalue weighted by Crippen LogP contribution is -2.02. The molecular weight excluding hydrogens is 347 g/mol. The number of hydrogen-bond acceptors (Lipinski definition) is 4. The quantitative estimate of drug-likeness (QED) is 0.825. The molecule has 2 aromatic carbocycles. The van der Waals surface area contributed by atoms with Crippen molar-refractivity contribution in [3.05, 3.63) is 46.7 Å². The van der Waals surface area contributed by atoms with E-state index in [2.05, 4.69) is 21.2 Å². The van der Waals surface area contributed by atoms with Crippen LogP contribution < -0.4 is 11.1 Å². The molecule has 0 bridgehead atoms. The fraction of sp³-hybridized carbons (Fsp3) is 0.0769. The van der Waals surface area contributed by atoms with Gasteiger partial charge in [0.25, 0.3) is 0 Å². The van der Waals surface area contributed by atoms with Gasteiger partial charge in [0.05, 0.1) is 22.0 Å². The minimum Gasteiger partial charge on any atom is -0.397 e. The Morgan fingerprint density at radius 1 is 1.15 bits per heavy atom. The Labute approximate surface area is 124 Å². The average molecular weight is 359 g/mol. The summed E-state index contributed by atoms with van der Waals surface area (Å²) in [5, 5.41) is 2.84. The third kappa shape index (κ3) is 3.29. The molecule has 0 unspecified atom stereocenters. The first kappa shape index (κ1) is 14.8. The average Bonchev–Trinajstić information content (AvgIpc) is 2.35. The van der Waals surface area contributed by atoms with E-state index in [4.69, 9.17) is 5.73 Å². The van der Waals surface area contributed by atoms with Crippen LogP contribution in [0.3, 0.4) is 0 Å². The van der Waals surface area contributed by atoms with Gasteiger partial charge in [0, 0.05) is 10.7 Å². The highest BCUT2D eigenvalue weighted by atomic mass is 79.9. The third-order valence-corrected chi connectivity index (χ3v) is 4.25. The third-order valence-electron chi connectivity index (χ3n) is 2.65. The van der Waals surface area contributed by atoms with Gasteiger partial charge in [-0.3, -0.25) is 0 Å². The van der Waals surface area contributed by atoms with Crippen molar-refractivity contribution < 1.29 is 12.8 Å². The highest BCUT2D eigenvalue weighted by Crippen LogP contribution is 2.28. The van der Waals surface area contributed by atoms with Gasteiger partial charge >= 0.3 is 0 Å². The van der Waals surface area contributed by atoms with Crippen LogP contribution in [0.4, 0.5) is 21.5 Å². The maximum atomic E-state index is 13.6. The molecule has 0 aliphatic carbocycles. The Kier molecular flexibility index (Phi) is 4.01. The van der Waals surface area contributed by atoms with Crippen molar-refractivity contribution in [2.45, 2.75) is 4.90 Å². The van der Waals surface area contributed by atoms with E-state index in [-0.39, 0.29) is 16.3 Å². The highest BCUT2D eigenvalue weighted by Gasteiger charge is 2.11. The molecule has 2 rings (SSSR count). The fourth-order valence-corrected chi connectivity index (χ4v) is 2.64. The Morgan fingerprint density at radius 3 is 2.45 bits per heavy atom. The molecule has 4 nitrogen and oxygen atoms in total. The second-order valence-corrected chi connectivity index (χ2v) is 7.20. The summed E-state index contributed by atoms with van der Waals surface area (Å²) < 4.78 is 37.2. The van der Waals surface area contributed by atoms with E-state index in [1.165, 1.54) is 24.3 Å². The molecule has 2 aromatic rings. The van der Waals surface area contributed by atoms with E-state index in [1.54, 1.807) is 12.1 Å². The van der Waals surface area contributed by atoms with Crippen molar-refractivity contribution in [3.8, 4) is 0 Å². The predicted octanol–water partition coefficient (Wildman–Crippen LogP) is 3.32. The Morgan fingerprint density at radius 2 is 1.85 bits per heavy atom. The lowest BCUT2D eigenvalue weighted by molar-refractivity contribution is 0.602. The van der Waals surface area contributed by atoms with E-state index in [9.17, 15) is 12.8 Å². The summed E-state index contributed by atoms with van der Waals surface area (Å²) in [4.78, 5) is 0.121. The minimum atomic E-state index is -3.32. The zero-order chi connectivity index (χ0) is 14.9. The van der Waals surface area contributed by atoms with Crippen LogP contribution in [0.5, 0.6) is 0 Å². The smallest absolute Gasteiger partial charge is 0.175 e. The summed E-state index contributed by atoms with van der Waals surface area (Å²) in [6.07, 6.45) is 1.10. The second-order valence-electron chi connectivity index (χ2n) is 4.27. The monoisotopic (exact) mass is 358 g/mol. The van der Waals surface area contributed by atoms with E-state index in [0.717, 1.165) is 6.26 Å². The Bertz CT molecular complexity index is 763. The van der Waals surface area contributed by atoms with Crippen LogP contribution in [0, 0.1) is 5.82 Å². The maximum absolute atomic E-state index is 13.6. The zero-order valence-corrected chi connectivity index (χ0v) is 12.9. The van der Waals surface area contributed by atoms with Crippen LogP contribution in [0.1, 0.15) is 0 Å².